The quantitative estimate of drug-likeness (QED) is 0.399. The van der Waals surface area contributed by atoms with Crippen molar-refractivity contribution in [2.24, 2.45) is 40.7 Å². The first-order valence-corrected chi connectivity index (χ1v) is 12.3. The van der Waals surface area contributed by atoms with Gasteiger partial charge in [-0.25, -0.2) is 0 Å². The molecule has 0 aromatic rings. The Morgan fingerprint density at radius 3 is 2.18 bits per heavy atom. The summed E-state index contributed by atoms with van der Waals surface area (Å²) in [5, 5.41) is 5.73. The van der Waals surface area contributed by atoms with Gasteiger partial charge in [-0.05, 0) is 61.2 Å². The van der Waals surface area contributed by atoms with E-state index in [1.807, 2.05) is 0 Å². The number of fused-ring (bicyclic) bond motifs is 1. The highest BCUT2D eigenvalue weighted by Gasteiger charge is 2.70. The van der Waals surface area contributed by atoms with Crippen molar-refractivity contribution in [3.05, 3.63) is 0 Å². The summed E-state index contributed by atoms with van der Waals surface area (Å²) in [6.45, 7) is 4.65. The van der Waals surface area contributed by atoms with E-state index in [0.717, 1.165) is 38.5 Å². The molecule has 0 bridgehead atoms. The molecule has 180 valence electrons. The number of hydrogen-bond donors (Lipinski definition) is 3. The van der Waals surface area contributed by atoms with Crippen LogP contribution in [0.1, 0.15) is 58.8 Å². The van der Waals surface area contributed by atoms with Crippen molar-refractivity contribution in [2.45, 2.75) is 76.9 Å². The molecule has 5 rings (SSSR count). The van der Waals surface area contributed by atoms with Crippen molar-refractivity contribution >= 4 is 29.4 Å². The van der Waals surface area contributed by atoms with E-state index in [9.17, 15) is 24.0 Å². The van der Waals surface area contributed by atoms with Crippen LogP contribution in [0.2, 0.25) is 0 Å². The summed E-state index contributed by atoms with van der Waals surface area (Å²) in [4.78, 5) is 65.0. The molecule has 4 N–H and O–H groups in total. The van der Waals surface area contributed by atoms with Crippen molar-refractivity contribution < 1.29 is 24.0 Å². The van der Waals surface area contributed by atoms with E-state index >= 15 is 0 Å². The van der Waals surface area contributed by atoms with Crippen LogP contribution in [0.15, 0.2) is 0 Å². The number of nitrogens with one attached hydrogen (secondary N) is 2. The number of rotatable bonds is 10. The van der Waals surface area contributed by atoms with Crippen LogP contribution in [0.25, 0.3) is 0 Å². The summed E-state index contributed by atoms with van der Waals surface area (Å²) in [7, 11) is 0. The highest BCUT2D eigenvalue weighted by atomic mass is 16.2. The van der Waals surface area contributed by atoms with Crippen LogP contribution in [0.5, 0.6) is 0 Å². The second-order valence-corrected chi connectivity index (χ2v) is 11.5. The second-order valence-electron chi connectivity index (χ2n) is 11.5. The zero-order chi connectivity index (χ0) is 23.7. The Hall–Kier alpha value is -2.45. The lowest BCUT2D eigenvalue weighted by atomic mass is 9.98. The summed E-state index contributed by atoms with van der Waals surface area (Å²) in [6.07, 6.45) is 5.83. The van der Waals surface area contributed by atoms with Gasteiger partial charge in [0.25, 0.3) is 5.91 Å². The Kier molecular flexibility index (Phi) is 5.29. The van der Waals surface area contributed by atoms with E-state index in [0.29, 0.717) is 18.9 Å². The minimum atomic E-state index is -1.05. The summed E-state index contributed by atoms with van der Waals surface area (Å²) in [5.41, 5.74) is 5.15. The number of primary amides is 1. The van der Waals surface area contributed by atoms with Crippen molar-refractivity contribution in [2.75, 3.05) is 6.54 Å². The van der Waals surface area contributed by atoms with Crippen LogP contribution >= 0.6 is 0 Å². The molecule has 0 spiro atoms. The maximum absolute atomic E-state index is 13.6. The maximum Gasteiger partial charge on any atom is 0.287 e. The third kappa shape index (κ3) is 4.26. The molecule has 1 saturated heterocycles. The first-order chi connectivity index (χ1) is 15.6. The Balaban J connectivity index is 1.33. The van der Waals surface area contributed by atoms with Gasteiger partial charge in [0.1, 0.15) is 12.1 Å². The van der Waals surface area contributed by atoms with Gasteiger partial charge in [0.05, 0.1) is 6.04 Å². The zero-order valence-corrected chi connectivity index (χ0v) is 19.3. The van der Waals surface area contributed by atoms with Crippen LogP contribution < -0.4 is 16.4 Å². The largest absolute Gasteiger partial charge is 0.363 e. The fourth-order valence-corrected chi connectivity index (χ4v) is 5.77. The molecule has 5 atom stereocenters. The first kappa shape index (κ1) is 22.3. The van der Waals surface area contributed by atoms with E-state index in [1.54, 1.807) is 4.90 Å². The van der Waals surface area contributed by atoms with Crippen LogP contribution in [0, 0.1) is 35.0 Å². The van der Waals surface area contributed by atoms with E-state index in [1.165, 1.54) is 0 Å². The standard InChI is InChI=1S/C24H34N4O5/c1-24(2)14-10-28(23(33)17(12-5-6-12)27-21(31)13-7-8-13)18(16(14)24)22(32)26-15(9-11-3-4-11)19(29)20(25)30/h11-18H,3-10H2,1-2H3,(H2,25,30)(H,26,32)(H,27,31)/t14?,15?,16?,17-,18?/m0/s1. The van der Waals surface area contributed by atoms with Gasteiger partial charge in [0, 0.05) is 12.5 Å². The normalized spacial score (nSPS) is 31.2. The molecule has 4 unspecified atom stereocenters. The lowest BCUT2D eigenvalue weighted by Crippen LogP contribution is -2.58. The second kappa shape index (κ2) is 7.81. The van der Waals surface area contributed by atoms with Gasteiger partial charge in [-0.15, -0.1) is 0 Å². The van der Waals surface area contributed by atoms with Gasteiger partial charge in [-0.2, -0.15) is 0 Å². The van der Waals surface area contributed by atoms with E-state index in [-0.39, 0.29) is 40.9 Å². The predicted molar refractivity (Wildman–Crippen MR) is 117 cm³/mol. The Bertz CT molecular complexity index is 905. The Morgan fingerprint density at radius 2 is 1.64 bits per heavy atom. The monoisotopic (exact) mass is 458 g/mol. The third-order valence-electron chi connectivity index (χ3n) is 8.51. The van der Waals surface area contributed by atoms with Gasteiger partial charge in [0.2, 0.25) is 23.5 Å². The smallest absolute Gasteiger partial charge is 0.287 e. The molecule has 0 radical (unpaired) electrons. The Labute approximate surface area is 193 Å². The molecule has 1 aliphatic heterocycles. The number of hydrogen-bond acceptors (Lipinski definition) is 5. The molecule has 9 nitrogen and oxygen atoms in total. The maximum atomic E-state index is 13.6. The molecule has 1 heterocycles. The topological polar surface area (TPSA) is 139 Å². The van der Waals surface area contributed by atoms with Crippen LogP contribution in [0.4, 0.5) is 0 Å². The van der Waals surface area contributed by atoms with Crippen molar-refractivity contribution in [1.82, 2.24) is 15.5 Å². The van der Waals surface area contributed by atoms with Gasteiger partial charge in [-0.1, -0.05) is 26.7 Å². The summed E-state index contributed by atoms with van der Waals surface area (Å²) >= 11 is 0. The number of ketones is 1. The first-order valence-electron chi connectivity index (χ1n) is 12.3. The van der Waals surface area contributed by atoms with Crippen molar-refractivity contribution in [3.63, 3.8) is 0 Å². The molecule has 5 aliphatic rings. The van der Waals surface area contributed by atoms with Crippen molar-refractivity contribution in [3.8, 4) is 0 Å². The summed E-state index contributed by atoms with van der Waals surface area (Å²) in [6, 6.07) is -2.25. The zero-order valence-electron chi connectivity index (χ0n) is 19.3. The number of amides is 4. The van der Waals surface area contributed by atoms with E-state index in [4.69, 9.17) is 5.73 Å². The van der Waals surface area contributed by atoms with Gasteiger partial charge in [-0.3, -0.25) is 24.0 Å². The number of piperidine rings is 1. The van der Waals surface area contributed by atoms with Crippen LogP contribution in [0.3, 0.4) is 0 Å². The number of carbonyl (C=O) groups excluding carboxylic acids is 5. The molecule has 0 aromatic carbocycles. The van der Waals surface area contributed by atoms with Crippen LogP contribution in [-0.4, -0.2) is 59.0 Å². The predicted octanol–water partition coefficient (Wildman–Crippen LogP) is 0.114. The number of likely N-dealkylation sites (tertiary alicyclic amines) is 1. The van der Waals surface area contributed by atoms with E-state index in [2.05, 4.69) is 24.5 Å². The molecule has 9 heteroatoms. The highest BCUT2D eigenvalue weighted by Crippen LogP contribution is 2.65. The molecule has 4 aliphatic carbocycles. The fraction of sp³-hybridized carbons (Fsp3) is 0.792. The number of carbonyl (C=O) groups is 5. The van der Waals surface area contributed by atoms with Gasteiger partial charge < -0.3 is 21.3 Å². The number of nitrogens with zero attached hydrogens (tertiary/aromatic N) is 1. The van der Waals surface area contributed by atoms with Crippen molar-refractivity contribution in [1.29, 1.82) is 0 Å². The third-order valence-corrected chi connectivity index (χ3v) is 8.51. The average molecular weight is 459 g/mol. The number of nitrogens with two attached hydrogens (primary N) is 1. The van der Waals surface area contributed by atoms with Gasteiger partial charge >= 0.3 is 0 Å². The molecule has 4 saturated carbocycles. The summed E-state index contributed by atoms with van der Waals surface area (Å²) < 4.78 is 0. The van der Waals surface area contributed by atoms with E-state index < -0.39 is 35.7 Å². The lowest BCUT2D eigenvalue weighted by molar-refractivity contribution is -0.145. The minimum Gasteiger partial charge on any atom is -0.363 e. The lowest BCUT2D eigenvalue weighted by Gasteiger charge is -2.34. The fourth-order valence-electron chi connectivity index (χ4n) is 5.77. The molecular formula is C24H34N4O5. The average Bonchev–Trinajstić information content (AvgIpc) is 3.58. The summed E-state index contributed by atoms with van der Waals surface area (Å²) in [5.74, 6) is -1.88. The SMILES string of the molecule is CC1(C)C2CN(C(=O)[C@@H](NC(=O)C3CC3)C3CC3)C(C(=O)NC(CC3CC3)C(=O)C(N)=O)C21. The number of Topliss-reactive ketones (excluding diaryl/α,β-unsaturated/α-hetero) is 1. The molecule has 5 fully saturated rings. The Morgan fingerprint density at radius 1 is 0.970 bits per heavy atom. The molecule has 33 heavy (non-hydrogen) atoms. The molecule has 4 amide bonds. The minimum absolute atomic E-state index is 0.00653. The van der Waals surface area contributed by atoms with Crippen LogP contribution in [-0.2, 0) is 24.0 Å². The van der Waals surface area contributed by atoms with Gasteiger partial charge in [0.15, 0.2) is 0 Å². The molecule has 0 aromatic heterocycles. The molecular weight excluding hydrogens is 424 g/mol. The highest BCUT2D eigenvalue weighted by molar-refractivity contribution is 6.37.